The normalized spacial score (nSPS) is 14.0. The molecule has 0 aliphatic carbocycles. The third-order valence-corrected chi connectivity index (χ3v) is 5.33. The van der Waals surface area contributed by atoms with E-state index in [9.17, 15) is 34.2 Å². The predicted octanol–water partition coefficient (Wildman–Crippen LogP) is -1.95. The molecule has 37 heavy (non-hydrogen) atoms. The number of nitrogens with one attached hydrogen (secondary N) is 4. The summed E-state index contributed by atoms with van der Waals surface area (Å²) in [5, 5.41) is 26.3. The zero-order chi connectivity index (χ0) is 27.5. The Morgan fingerprint density at radius 1 is 0.946 bits per heavy atom. The molecule has 14 heteroatoms. The van der Waals surface area contributed by atoms with E-state index in [-0.39, 0.29) is 31.4 Å². The summed E-state index contributed by atoms with van der Waals surface area (Å²) in [4.78, 5) is 67.9. The molecule has 4 unspecified atom stereocenters. The van der Waals surface area contributed by atoms with E-state index in [0.29, 0.717) is 11.3 Å². The number of benzene rings is 1. The minimum Gasteiger partial charge on any atom is -0.508 e. The highest BCUT2D eigenvalue weighted by atomic mass is 16.4. The average molecular weight is 518 g/mol. The highest BCUT2D eigenvalue weighted by molar-refractivity contribution is 5.94. The second-order valence-corrected chi connectivity index (χ2v) is 8.47. The summed E-state index contributed by atoms with van der Waals surface area (Å²) in [5.74, 6) is -4.26. The van der Waals surface area contributed by atoms with Crippen molar-refractivity contribution in [1.29, 1.82) is 0 Å². The molecule has 0 spiro atoms. The smallest absolute Gasteiger partial charge is 0.326 e. The average Bonchev–Trinajstić information content (AvgIpc) is 3.34. The van der Waals surface area contributed by atoms with Crippen LogP contribution >= 0.6 is 0 Å². The van der Waals surface area contributed by atoms with Crippen molar-refractivity contribution >= 4 is 29.6 Å². The summed E-state index contributed by atoms with van der Waals surface area (Å²) >= 11 is 0. The van der Waals surface area contributed by atoms with Gasteiger partial charge in [0.05, 0.1) is 12.4 Å². The summed E-state index contributed by atoms with van der Waals surface area (Å²) in [6, 6.07) is 1.22. The Morgan fingerprint density at radius 2 is 1.51 bits per heavy atom. The van der Waals surface area contributed by atoms with E-state index in [1.165, 1.54) is 31.6 Å². The van der Waals surface area contributed by atoms with Gasteiger partial charge in [0.2, 0.25) is 23.6 Å². The Morgan fingerprint density at radius 3 is 2.03 bits per heavy atom. The number of aromatic amines is 1. The number of carboxylic acids is 1. The van der Waals surface area contributed by atoms with Crippen LogP contribution in [0.4, 0.5) is 0 Å². The zero-order valence-electron chi connectivity index (χ0n) is 20.1. The molecular weight excluding hydrogens is 486 g/mol. The number of phenols is 1. The lowest BCUT2D eigenvalue weighted by atomic mass is 10.0. The van der Waals surface area contributed by atoms with Crippen molar-refractivity contribution < 1.29 is 34.2 Å². The molecule has 0 fully saturated rings. The molecule has 0 aliphatic rings. The number of carbonyl (C=O) groups is 5. The molecule has 0 aliphatic heterocycles. The summed E-state index contributed by atoms with van der Waals surface area (Å²) in [5.41, 5.74) is 11.8. The van der Waals surface area contributed by atoms with E-state index in [4.69, 9.17) is 11.5 Å². The maximum Gasteiger partial charge on any atom is 0.326 e. The van der Waals surface area contributed by atoms with Crippen LogP contribution in [0, 0.1) is 0 Å². The Labute approximate surface area is 212 Å². The summed E-state index contributed by atoms with van der Waals surface area (Å²) < 4.78 is 0. The number of primary amides is 1. The highest BCUT2D eigenvalue weighted by Gasteiger charge is 2.30. The number of aliphatic carboxylic acids is 1. The standard InChI is InChI=1S/C23H31N7O7/c1-12(24)20(33)29-17(8-13-2-4-15(31)5-3-13)21(34)30-18(9-14-10-26-11-27-14)22(35)28-16(23(36)37)6-7-19(25)32/h2-5,10-12,16-18,31H,6-9,24H2,1H3,(H2,25,32)(H,26,27)(H,28,35)(H,29,33)(H,30,34)(H,36,37). The number of hydrogen-bond acceptors (Lipinski definition) is 8. The lowest BCUT2D eigenvalue weighted by Gasteiger charge is -2.25. The van der Waals surface area contributed by atoms with Gasteiger partial charge in [0.25, 0.3) is 0 Å². The van der Waals surface area contributed by atoms with Gasteiger partial charge in [-0.25, -0.2) is 9.78 Å². The van der Waals surface area contributed by atoms with Crippen LogP contribution in [0.5, 0.6) is 5.75 Å². The van der Waals surface area contributed by atoms with Crippen LogP contribution in [0.1, 0.15) is 31.0 Å². The number of nitrogens with zero attached hydrogens (tertiary/aromatic N) is 1. The summed E-state index contributed by atoms with van der Waals surface area (Å²) in [6.45, 7) is 1.44. The van der Waals surface area contributed by atoms with Crippen molar-refractivity contribution in [3.05, 3.63) is 48.0 Å². The minimum atomic E-state index is -1.42. The van der Waals surface area contributed by atoms with E-state index in [0.717, 1.165) is 0 Å². The molecular formula is C23H31N7O7. The minimum absolute atomic E-state index is 0.0132. The molecule has 200 valence electrons. The Bertz CT molecular complexity index is 1090. The van der Waals surface area contributed by atoms with Gasteiger partial charge in [-0.3, -0.25) is 19.2 Å². The Hall–Kier alpha value is -4.46. The lowest BCUT2D eigenvalue weighted by Crippen LogP contribution is -2.58. The number of carboxylic acid groups (broad SMARTS) is 1. The first kappa shape index (κ1) is 28.8. The van der Waals surface area contributed by atoms with Gasteiger partial charge in [-0.2, -0.15) is 0 Å². The Kier molecular flexibility index (Phi) is 10.6. The molecule has 4 atom stereocenters. The van der Waals surface area contributed by atoms with Gasteiger partial charge in [-0.05, 0) is 31.0 Å². The van der Waals surface area contributed by atoms with Gasteiger partial charge in [-0.1, -0.05) is 12.1 Å². The van der Waals surface area contributed by atoms with Gasteiger partial charge >= 0.3 is 5.97 Å². The van der Waals surface area contributed by atoms with E-state index < -0.39 is 53.8 Å². The monoisotopic (exact) mass is 517 g/mol. The first-order valence-corrected chi connectivity index (χ1v) is 11.4. The third-order valence-electron chi connectivity index (χ3n) is 5.33. The van der Waals surface area contributed by atoms with Gasteiger partial charge in [0, 0.05) is 31.2 Å². The third kappa shape index (κ3) is 9.60. The zero-order valence-corrected chi connectivity index (χ0v) is 20.1. The van der Waals surface area contributed by atoms with E-state index in [1.54, 1.807) is 12.1 Å². The molecule has 4 amide bonds. The first-order chi connectivity index (χ1) is 17.5. The van der Waals surface area contributed by atoms with E-state index >= 15 is 0 Å². The molecule has 14 nitrogen and oxygen atoms in total. The number of nitrogens with two attached hydrogens (primary N) is 2. The molecule has 0 bridgehead atoms. The molecule has 1 aromatic heterocycles. The van der Waals surface area contributed by atoms with Gasteiger partial charge < -0.3 is 42.6 Å². The van der Waals surface area contributed by atoms with Crippen molar-refractivity contribution in [3.63, 3.8) is 0 Å². The summed E-state index contributed by atoms with van der Waals surface area (Å²) in [7, 11) is 0. The largest absolute Gasteiger partial charge is 0.508 e. The highest BCUT2D eigenvalue weighted by Crippen LogP contribution is 2.12. The number of rotatable bonds is 14. The summed E-state index contributed by atoms with van der Waals surface area (Å²) in [6.07, 6.45) is 2.23. The fourth-order valence-corrected chi connectivity index (χ4v) is 3.29. The van der Waals surface area contributed by atoms with Crippen LogP contribution < -0.4 is 27.4 Å². The van der Waals surface area contributed by atoms with Gasteiger partial charge in [0.1, 0.15) is 23.9 Å². The first-order valence-electron chi connectivity index (χ1n) is 11.4. The molecule has 2 aromatic rings. The number of amides is 4. The molecule has 1 aromatic carbocycles. The van der Waals surface area contributed by atoms with Crippen LogP contribution in [0.15, 0.2) is 36.8 Å². The van der Waals surface area contributed by atoms with Crippen molar-refractivity contribution in [2.45, 2.75) is 56.8 Å². The molecule has 1 heterocycles. The van der Waals surface area contributed by atoms with Crippen LogP contribution in [0.3, 0.4) is 0 Å². The fourth-order valence-electron chi connectivity index (χ4n) is 3.29. The van der Waals surface area contributed by atoms with Gasteiger partial charge in [-0.15, -0.1) is 0 Å². The number of hydrogen-bond donors (Lipinski definition) is 8. The molecule has 10 N–H and O–H groups in total. The van der Waals surface area contributed by atoms with Crippen molar-refractivity contribution in [1.82, 2.24) is 25.9 Å². The maximum absolute atomic E-state index is 13.3. The number of imidazole rings is 1. The second-order valence-electron chi connectivity index (χ2n) is 8.47. The molecule has 0 radical (unpaired) electrons. The van der Waals surface area contributed by atoms with Crippen molar-refractivity contribution in [3.8, 4) is 5.75 Å². The molecule has 0 saturated carbocycles. The number of aromatic nitrogens is 2. The van der Waals surface area contributed by atoms with Gasteiger partial charge in [0.15, 0.2) is 0 Å². The topological polar surface area (TPSA) is 243 Å². The number of phenolic OH excluding ortho intramolecular Hbond substituents is 1. The second kappa shape index (κ2) is 13.6. The Balaban J connectivity index is 2.25. The van der Waals surface area contributed by atoms with Crippen molar-refractivity contribution in [2.24, 2.45) is 11.5 Å². The SMILES string of the molecule is CC(N)C(=O)NC(Cc1ccc(O)cc1)C(=O)NC(Cc1cnc[nH]1)C(=O)NC(CCC(N)=O)C(=O)O. The van der Waals surface area contributed by atoms with E-state index in [2.05, 4.69) is 25.9 Å². The quantitative estimate of drug-likeness (QED) is 0.139. The van der Waals surface area contributed by atoms with Crippen LogP contribution in [0.2, 0.25) is 0 Å². The lowest BCUT2D eigenvalue weighted by molar-refractivity contribution is -0.142. The predicted molar refractivity (Wildman–Crippen MR) is 130 cm³/mol. The number of aromatic hydroxyl groups is 1. The molecule has 2 rings (SSSR count). The fraction of sp³-hybridized carbons (Fsp3) is 0.391. The van der Waals surface area contributed by atoms with E-state index in [1.807, 2.05) is 0 Å². The maximum atomic E-state index is 13.3. The number of carbonyl (C=O) groups excluding carboxylic acids is 4. The van der Waals surface area contributed by atoms with Crippen LogP contribution in [0.25, 0.3) is 0 Å². The van der Waals surface area contributed by atoms with Crippen LogP contribution in [-0.4, -0.2) is 73.9 Å². The number of H-pyrrole nitrogens is 1. The van der Waals surface area contributed by atoms with Crippen molar-refractivity contribution in [2.75, 3.05) is 0 Å². The van der Waals surface area contributed by atoms with Crippen LogP contribution in [-0.2, 0) is 36.8 Å². The molecule has 0 saturated heterocycles.